The van der Waals surface area contributed by atoms with Crippen LogP contribution in [0.5, 0.6) is 0 Å². The Labute approximate surface area is 130 Å². The van der Waals surface area contributed by atoms with E-state index >= 15 is 0 Å². The molecule has 0 aromatic rings. The molecule has 3 saturated carbocycles. The molecule has 0 nitrogen and oxygen atoms in total. The Bertz CT molecular complexity index is 255. The van der Waals surface area contributed by atoms with Crippen molar-refractivity contribution in [2.75, 3.05) is 0 Å². The van der Waals surface area contributed by atoms with E-state index in [1.54, 1.807) is 25.7 Å². The van der Waals surface area contributed by atoms with E-state index in [9.17, 15) is 0 Å². The lowest BCUT2D eigenvalue weighted by Crippen LogP contribution is -2.39. The Kier molecular flexibility index (Phi) is 8.44. The van der Waals surface area contributed by atoms with Crippen molar-refractivity contribution in [1.82, 2.24) is 0 Å². The molecule has 2 bridgehead atoms. The van der Waals surface area contributed by atoms with Crippen LogP contribution in [0.4, 0.5) is 0 Å². The SMILES string of the molecule is C.CC.CC.CC(C)C1(C)CC2CC1C1CCCCC21. The van der Waals surface area contributed by atoms with Gasteiger partial charge >= 0.3 is 0 Å². The molecule has 3 rings (SSSR count). The summed E-state index contributed by atoms with van der Waals surface area (Å²) >= 11 is 0. The molecule has 3 fully saturated rings. The lowest BCUT2D eigenvalue weighted by atomic mass is 9.58. The van der Waals surface area contributed by atoms with Crippen LogP contribution in [0.15, 0.2) is 0 Å². The summed E-state index contributed by atoms with van der Waals surface area (Å²) in [6, 6.07) is 0. The van der Waals surface area contributed by atoms with Crippen molar-refractivity contribution in [1.29, 1.82) is 0 Å². The van der Waals surface area contributed by atoms with Gasteiger partial charge in [-0.25, -0.2) is 0 Å². The summed E-state index contributed by atoms with van der Waals surface area (Å²) in [5.74, 6) is 5.39. The van der Waals surface area contributed by atoms with Gasteiger partial charge in [0.15, 0.2) is 0 Å². The number of hydrogen-bond donors (Lipinski definition) is 0. The predicted molar refractivity (Wildman–Crippen MR) is 94.0 cm³/mol. The predicted octanol–water partition coefficient (Wildman–Crippen LogP) is 7.18. The summed E-state index contributed by atoms with van der Waals surface area (Å²) in [4.78, 5) is 0. The molecular weight excluding hydrogens is 240 g/mol. The quantitative estimate of drug-likeness (QED) is 0.477. The molecule has 0 heterocycles. The lowest BCUT2D eigenvalue weighted by molar-refractivity contribution is 0.0204. The highest BCUT2D eigenvalue weighted by atomic mass is 14.6. The van der Waals surface area contributed by atoms with Crippen LogP contribution in [0.1, 0.15) is 94.4 Å². The Hall–Kier alpha value is 0. The first-order valence-corrected chi connectivity index (χ1v) is 9.13. The minimum atomic E-state index is 0. The van der Waals surface area contributed by atoms with Crippen LogP contribution < -0.4 is 0 Å². The number of hydrogen-bond acceptors (Lipinski definition) is 0. The summed E-state index contributed by atoms with van der Waals surface area (Å²) in [7, 11) is 0. The van der Waals surface area contributed by atoms with E-state index in [2.05, 4.69) is 20.8 Å². The van der Waals surface area contributed by atoms with Crippen LogP contribution in [-0.2, 0) is 0 Å². The summed E-state index contributed by atoms with van der Waals surface area (Å²) in [5, 5.41) is 0. The molecule has 5 unspecified atom stereocenters. The van der Waals surface area contributed by atoms with E-state index in [1.165, 1.54) is 12.8 Å². The third kappa shape index (κ3) is 3.25. The van der Waals surface area contributed by atoms with E-state index in [4.69, 9.17) is 0 Å². The second kappa shape index (κ2) is 8.44. The van der Waals surface area contributed by atoms with Crippen LogP contribution in [0, 0.1) is 35.0 Å². The molecule has 0 aromatic heterocycles. The molecule has 5 atom stereocenters. The van der Waals surface area contributed by atoms with Crippen LogP contribution in [0.2, 0.25) is 0 Å². The third-order valence-corrected chi connectivity index (χ3v) is 6.42. The summed E-state index contributed by atoms with van der Waals surface area (Å²) in [5.41, 5.74) is 0.698. The highest BCUT2D eigenvalue weighted by molar-refractivity contribution is 5.07. The molecule has 3 aliphatic carbocycles. The monoisotopic (exact) mass is 282 g/mol. The maximum absolute atomic E-state index is 2.59. The molecular formula is C20H42. The van der Waals surface area contributed by atoms with Gasteiger partial charge in [-0.2, -0.15) is 0 Å². The zero-order chi connectivity index (χ0) is 14.6. The molecule has 0 amide bonds. The highest BCUT2D eigenvalue weighted by Gasteiger charge is 2.58. The van der Waals surface area contributed by atoms with Gasteiger partial charge < -0.3 is 0 Å². The van der Waals surface area contributed by atoms with Crippen LogP contribution in [-0.4, -0.2) is 0 Å². The van der Waals surface area contributed by atoms with Crippen molar-refractivity contribution < 1.29 is 0 Å². The maximum Gasteiger partial charge on any atom is -0.0269 e. The van der Waals surface area contributed by atoms with Gasteiger partial charge in [0.05, 0.1) is 0 Å². The van der Waals surface area contributed by atoms with Crippen molar-refractivity contribution >= 4 is 0 Å². The van der Waals surface area contributed by atoms with E-state index in [0.29, 0.717) is 5.41 Å². The topological polar surface area (TPSA) is 0 Å². The summed E-state index contributed by atoms with van der Waals surface area (Å²) < 4.78 is 0. The van der Waals surface area contributed by atoms with Gasteiger partial charge in [-0.1, -0.05) is 68.7 Å². The zero-order valence-corrected chi connectivity index (χ0v) is 14.6. The molecule has 0 aliphatic heterocycles. The number of rotatable bonds is 1. The summed E-state index contributed by atoms with van der Waals surface area (Å²) in [6.45, 7) is 15.5. The second-order valence-corrected chi connectivity index (χ2v) is 7.08. The van der Waals surface area contributed by atoms with Crippen LogP contribution >= 0.6 is 0 Å². The Morgan fingerprint density at radius 3 is 1.90 bits per heavy atom. The molecule has 0 aromatic carbocycles. The first kappa shape index (κ1) is 20.0. The zero-order valence-electron chi connectivity index (χ0n) is 14.6. The normalized spacial score (nSPS) is 40.8. The Balaban J connectivity index is 0.000000667. The molecule has 0 spiro atoms. The van der Waals surface area contributed by atoms with E-state index < -0.39 is 0 Å². The molecule has 3 aliphatic rings. The molecule has 0 radical (unpaired) electrons. The Morgan fingerprint density at radius 2 is 1.40 bits per heavy atom. The summed E-state index contributed by atoms with van der Waals surface area (Å²) in [6.07, 6.45) is 9.33. The van der Waals surface area contributed by atoms with E-state index in [0.717, 1.165) is 29.6 Å². The van der Waals surface area contributed by atoms with Gasteiger partial charge in [0.2, 0.25) is 0 Å². The fraction of sp³-hybridized carbons (Fsp3) is 1.00. The van der Waals surface area contributed by atoms with Gasteiger partial charge in [0.1, 0.15) is 0 Å². The minimum absolute atomic E-state index is 0. The molecule has 20 heavy (non-hydrogen) atoms. The first-order chi connectivity index (χ1) is 9.13. The highest BCUT2D eigenvalue weighted by Crippen LogP contribution is 2.66. The first-order valence-electron chi connectivity index (χ1n) is 9.13. The largest absolute Gasteiger partial charge is 0.0776 e. The molecule has 122 valence electrons. The van der Waals surface area contributed by atoms with E-state index in [1.807, 2.05) is 27.7 Å². The van der Waals surface area contributed by atoms with Crippen molar-refractivity contribution in [3.63, 3.8) is 0 Å². The average molecular weight is 283 g/mol. The van der Waals surface area contributed by atoms with E-state index in [-0.39, 0.29) is 7.43 Å². The van der Waals surface area contributed by atoms with Gasteiger partial charge in [0, 0.05) is 0 Å². The molecule has 0 saturated heterocycles. The molecule has 0 heteroatoms. The van der Waals surface area contributed by atoms with Crippen molar-refractivity contribution in [3.8, 4) is 0 Å². The van der Waals surface area contributed by atoms with Gasteiger partial charge in [-0.3, -0.25) is 0 Å². The van der Waals surface area contributed by atoms with Gasteiger partial charge in [0.25, 0.3) is 0 Å². The fourth-order valence-electron chi connectivity index (χ4n) is 5.32. The lowest BCUT2D eigenvalue weighted by Gasteiger charge is -2.47. The smallest absolute Gasteiger partial charge is 0.0269 e. The second-order valence-electron chi connectivity index (χ2n) is 7.08. The Morgan fingerprint density at radius 1 is 0.900 bits per heavy atom. The molecule has 0 N–H and O–H groups in total. The standard InChI is InChI=1S/C15H26.2C2H6.CH4/c1-10(2)15(3)9-11-8-14(15)13-7-5-4-6-12(11)13;2*1-2;/h10-14H,4-9H2,1-3H3;2*1-2H3;1H4. The maximum atomic E-state index is 2.59. The van der Waals surface area contributed by atoms with Crippen LogP contribution in [0.25, 0.3) is 0 Å². The van der Waals surface area contributed by atoms with Gasteiger partial charge in [-0.15, -0.1) is 0 Å². The van der Waals surface area contributed by atoms with Crippen molar-refractivity contribution in [3.05, 3.63) is 0 Å². The van der Waals surface area contributed by atoms with Crippen molar-refractivity contribution in [2.45, 2.75) is 94.4 Å². The van der Waals surface area contributed by atoms with Gasteiger partial charge in [-0.05, 0) is 60.7 Å². The fourth-order valence-corrected chi connectivity index (χ4v) is 5.32. The third-order valence-electron chi connectivity index (χ3n) is 6.42. The number of fused-ring (bicyclic) bond motifs is 5. The average Bonchev–Trinajstić information content (AvgIpc) is 3.00. The van der Waals surface area contributed by atoms with Crippen molar-refractivity contribution in [2.24, 2.45) is 35.0 Å². The minimum Gasteiger partial charge on any atom is -0.0776 e. The van der Waals surface area contributed by atoms with Crippen LogP contribution in [0.3, 0.4) is 0 Å².